The SMILES string of the molecule is COC(=O)Cl.COC(=O)[N+]1=C(c2ccc(C(=O)OC(C)(C)C)c(C)c2)CC(C)(c2cc(Cl)cc(Cl)c2)O1.Cc1cc(C2=NOC(C)(c3cc(Cl)cc(Cl)c3)C2)ccc1C(=O)OC(C)(C)C. The molecule has 2 atom stereocenters. The van der Waals surface area contributed by atoms with Gasteiger partial charge in [0.2, 0.25) is 5.60 Å². The molecular formula is C48H52Cl5N2O10+. The summed E-state index contributed by atoms with van der Waals surface area (Å²) in [6.45, 7) is 18.5. The summed E-state index contributed by atoms with van der Waals surface area (Å²) < 4.78 is 20.9. The Morgan fingerprint density at radius 1 is 0.631 bits per heavy atom. The van der Waals surface area contributed by atoms with Crippen molar-refractivity contribution >= 4 is 92.9 Å². The maximum absolute atomic E-state index is 12.5. The molecular weight excluding hydrogens is 942 g/mol. The van der Waals surface area contributed by atoms with Crippen LogP contribution in [0.4, 0.5) is 9.59 Å². The van der Waals surface area contributed by atoms with E-state index in [1.165, 1.54) is 14.2 Å². The van der Waals surface area contributed by atoms with Crippen LogP contribution in [0.3, 0.4) is 0 Å². The van der Waals surface area contributed by atoms with Crippen LogP contribution in [0, 0.1) is 13.8 Å². The normalized spacial score (nSPS) is 17.8. The van der Waals surface area contributed by atoms with Gasteiger partial charge in [-0.15, -0.1) is 0 Å². The Hall–Kier alpha value is -4.85. The first-order valence-corrected chi connectivity index (χ1v) is 22.0. The molecule has 17 heteroatoms. The lowest BCUT2D eigenvalue weighted by molar-refractivity contribution is -0.736. The lowest BCUT2D eigenvalue weighted by Crippen LogP contribution is -2.27. The van der Waals surface area contributed by atoms with E-state index in [4.69, 9.17) is 70.3 Å². The molecule has 0 bridgehead atoms. The molecule has 348 valence electrons. The van der Waals surface area contributed by atoms with Gasteiger partial charge in [-0.2, -0.15) is 4.79 Å². The van der Waals surface area contributed by atoms with Gasteiger partial charge in [0, 0.05) is 54.8 Å². The Labute approximate surface area is 404 Å². The first-order valence-electron chi connectivity index (χ1n) is 20.1. The number of rotatable bonds is 6. The third-order valence-corrected chi connectivity index (χ3v) is 10.7. The van der Waals surface area contributed by atoms with E-state index < -0.39 is 39.9 Å². The maximum atomic E-state index is 12.5. The lowest BCUT2D eigenvalue weighted by atomic mass is 9.88. The van der Waals surface area contributed by atoms with Crippen LogP contribution in [0.25, 0.3) is 0 Å². The number of oxime groups is 1. The van der Waals surface area contributed by atoms with Crippen LogP contribution < -0.4 is 0 Å². The topological polar surface area (TPSA) is 139 Å². The lowest BCUT2D eigenvalue weighted by Gasteiger charge is -2.22. The van der Waals surface area contributed by atoms with Crippen molar-refractivity contribution < 1.29 is 52.5 Å². The molecule has 4 aromatic rings. The minimum absolute atomic E-state index is 0.334. The molecule has 65 heavy (non-hydrogen) atoms. The number of hydrogen-bond donors (Lipinski definition) is 0. The molecule has 6 rings (SSSR count). The summed E-state index contributed by atoms with van der Waals surface area (Å²) in [5, 5.41) is 6.32. The average molecular weight is 994 g/mol. The van der Waals surface area contributed by atoms with E-state index in [2.05, 4.69) is 21.5 Å². The number of esters is 2. The van der Waals surface area contributed by atoms with E-state index in [-0.39, 0.29) is 5.97 Å². The molecule has 0 fully saturated rings. The molecule has 0 saturated carbocycles. The van der Waals surface area contributed by atoms with Crippen LogP contribution in [0.1, 0.15) is 122 Å². The summed E-state index contributed by atoms with van der Waals surface area (Å²) in [6, 6.07) is 21.3. The zero-order valence-electron chi connectivity index (χ0n) is 38.2. The van der Waals surface area contributed by atoms with Crippen LogP contribution in [0.15, 0.2) is 78.0 Å². The minimum atomic E-state index is -0.907. The minimum Gasteiger partial charge on any atom is -0.457 e. The number of carbonyl (C=O) groups is 4. The zero-order valence-corrected chi connectivity index (χ0v) is 42.0. The van der Waals surface area contributed by atoms with Crippen molar-refractivity contribution in [2.45, 2.75) is 104 Å². The van der Waals surface area contributed by atoms with Crippen molar-refractivity contribution in [1.82, 2.24) is 0 Å². The highest BCUT2D eigenvalue weighted by molar-refractivity contribution is 6.61. The number of hydrogen-bond acceptors (Lipinski definition) is 11. The Morgan fingerprint density at radius 2 is 1.05 bits per heavy atom. The van der Waals surface area contributed by atoms with E-state index in [9.17, 15) is 19.2 Å². The van der Waals surface area contributed by atoms with E-state index >= 15 is 0 Å². The summed E-state index contributed by atoms with van der Waals surface area (Å²) in [5.74, 6) is -0.739. The van der Waals surface area contributed by atoms with Gasteiger partial charge in [-0.25, -0.2) is 14.4 Å². The molecule has 1 amide bonds. The number of carbonyl (C=O) groups excluding carboxylic acids is 4. The van der Waals surface area contributed by atoms with Crippen LogP contribution >= 0.6 is 58.0 Å². The molecule has 12 nitrogen and oxygen atoms in total. The number of methoxy groups -OCH3 is 2. The third-order valence-electron chi connectivity index (χ3n) is 9.71. The monoisotopic (exact) mass is 991 g/mol. The maximum Gasteiger partial charge on any atom is 0.646 e. The zero-order chi connectivity index (χ0) is 48.8. The number of nitrogens with zero attached hydrogens (tertiary/aromatic N) is 2. The molecule has 2 unspecified atom stereocenters. The van der Waals surface area contributed by atoms with Crippen molar-refractivity contribution in [3.63, 3.8) is 0 Å². The van der Waals surface area contributed by atoms with Crippen molar-refractivity contribution in [2.24, 2.45) is 5.16 Å². The van der Waals surface area contributed by atoms with Crippen LogP contribution in [0.2, 0.25) is 20.1 Å². The Morgan fingerprint density at radius 3 is 1.45 bits per heavy atom. The fourth-order valence-corrected chi connectivity index (χ4v) is 7.72. The summed E-state index contributed by atoms with van der Waals surface area (Å²) in [4.78, 5) is 58.6. The van der Waals surface area contributed by atoms with Crippen molar-refractivity contribution in [2.75, 3.05) is 14.2 Å². The molecule has 0 aromatic heterocycles. The molecule has 0 aliphatic carbocycles. The number of hydroxylamine groups is 1. The van der Waals surface area contributed by atoms with Gasteiger partial charge in [0.1, 0.15) is 11.2 Å². The first-order chi connectivity index (χ1) is 30.1. The molecule has 2 aliphatic heterocycles. The molecule has 0 spiro atoms. The number of aryl methyl sites for hydroxylation is 2. The molecule has 0 N–H and O–H groups in total. The summed E-state index contributed by atoms with van der Waals surface area (Å²) in [6.07, 6.45) is 0.254. The van der Waals surface area contributed by atoms with Gasteiger partial charge in [0.15, 0.2) is 5.60 Å². The molecule has 0 saturated heterocycles. The standard InChI is InChI=1S/C24H26Cl2NO5.C22H23Cl2NO3.C2H3ClO2/c1-14-9-15(7-8-19(14)21(28)31-23(2,3)4)20-13-24(5,32-27(20)22(29)30-6)16-10-17(25)12-18(26)11-16;1-13-8-14(6-7-18(13)20(26)27-21(2,3)4)19-12-22(5,28-25-19)15-9-16(23)11-17(24)10-15;1-5-2(3)4/h7-12H,13H2,1-6H3;6-11H,12H2,1-5H3;1H3/q+1;;. The second kappa shape index (κ2) is 21.2. The molecule has 0 radical (unpaired) electrons. The number of ether oxygens (including phenoxy) is 4. The van der Waals surface area contributed by atoms with Gasteiger partial charge in [-0.1, -0.05) is 57.6 Å². The van der Waals surface area contributed by atoms with E-state index in [1.54, 1.807) is 42.5 Å². The fourth-order valence-electron chi connectivity index (χ4n) is 6.66. The average Bonchev–Trinajstić information content (AvgIpc) is 3.77. The Bertz CT molecular complexity index is 2510. The molecule has 2 aliphatic rings. The Kier molecular flexibility index (Phi) is 17.2. The van der Waals surface area contributed by atoms with E-state index in [0.717, 1.165) is 38.3 Å². The third kappa shape index (κ3) is 14.3. The van der Waals surface area contributed by atoms with Crippen molar-refractivity contribution in [3.8, 4) is 0 Å². The van der Waals surface area contributed by atoms with Gasteiger partial charge in [-0.3, -0.25) is 4.84 Å². The number of halogens is 5. The second-order valence-corrected chi connectivity index (χ2v) is 19.6. The van der Waals surface area contributed by atoms with Crippen molar-refractivity contribution in [3.05, 3.63) is 137 Å². The predicted molar refractivity (Wildman–Crippen MR) is 253 cm³/mol. The number of amides is 1. The van der Waals surface area contributed by atoms with E-state index in [0.29, 0.717) is 55.3 Å². The molecule has 2 heterocycles. The highest BCUT2D eigenvalue weighted by atomic mass is 35.5. The predicted octanol–water partition coefficient (Wildman–Crippen LogP) is 13.4. The fraction of sp³-hybridized carbons (Fsp3) is 0.375. The van der Waals surface area contributed by atoms with Gasteiger partial charge < -0.3 is 23.8 Å². The Balaban J connectivity index is 0.000000259. The van der Waals surface area contributed by atoms with Gasteiger partial charge in [-0.05, 0) is 153 Å². The molecule has 4 aromatic carbocycles. The summed E-state index contributed by atoms with van der Waals surface area (Å²) in [5.41, 5.74) is 3.69. The largest absolute Gasteiger partial charge is 0.646 e. The van der Waals surface area contributed by atoms with Gasteiger partial charge >= 0.3 is 23.5 Å². The van der Waals surface area contributed by atoms with Gasteiger partial charge in [0.05, 0.1) is 42.2 Å². The van der Waals surface area contributed by atoms with Crippen LogP contribution in [-0.2, 0) is 39.8 Å². The second-order valence-electron chi connectivity index (χ2n) is 17.6. The summed E-state index contributed by atoms with van der Waals surface area (Å²) >= 11 is 29.2. The van der Waals surface area contributed by atoms with Crippen molar-refractivity contribution in [1.29, 1.82) is 0 Å². The smallest absolute Gasteiger partial charge is 0.457 e. The first kappa shape index (κ1) is 52.8. The highest BCUT2D eigenvalue weighted by Gasteiger charge is 2.50. The highest BCUT2D eigenvalue weighted by Crippen LogP contribution is 2.40. The van der Waals surface area contributed by atoms with E-state index in [1.807, 2.05) is 99.6 Å². The van der Waals surface area contributed by atoms with Gasteiger partial charge in [0.25, 0.3) is 5.71 Å². The number of benzene rings is 4. The van der Waals surface area contributed by atoms with Crippen LogP contribution in [0.5, 0.6) is 0 Å². The quantitative estimate of drug-likeness (QED) is 0.0794. The summed E-state index contributed by atoms with van der Waals surface area (Å²) in [7, 11) is 2.50. The van der Waals surface area contributed by atoms with Crippen LogP contribution in [-0.4, -0.2) is 65.0 Å².